The van der Waals surface area contributed by atoms with Crippen molar-refractivity contribution >= 4 is 5.97 Å². The summed E-state index contributed by atoms with van der Waals surface area (Å²) < 4.78 is 5.19. The molecular formula is C11H21NO3. The molecule has 0 aromatic rings. The second-order valence-corrected chi connectivity index (χ2v) is 5.22. The van der Waals surface area contributed by atoms with E-state index in [4.69, 9.17) is 10.5 Å². The molecule has 0 saturated heterocycles. The molecule has 0 aromatic heterocycles. The summed E-state index contributed by atoms with van der Waals surface area (Å²) in [6.45, 7) is 5.42. The normalized spacial score (nSPS) is 28.9. The van der Waals surface area contributed by atoms with Crippen LogP contribution in [-0.2, 0) is 9.53 Å². The summed E-state index contributed by atoms with van der Waals surface area (Å²) in [6.07, 6.45) is 2.03. The molecule has 0 unspecified atom stereocenters. The predicted octanol–water partition coefficient (Wildman–Crippen LogP) is 0.816. The van der Waals surface area contributed by atoms with E-state index >= 15 is 0 Å². The highest BCUT2D eigenvalue weighted by atomic mass is 16.6. The Morgan fingerprint density at radius 2 is 2.07 bits per heavy atom. The van der Waals surface area contributed by atoms with Crippen LogP contribution in [0.1, 0.15) is 40.0 Å². The number of carbonyl (C=O) groups excluding carboxylic acids is 1. The van der Waals surface area contributed by atoms with Gasteiger partial charge in [0.05, 0.1) is 6.10 Å². The highest BCUT2D eigenvalue weighted by Crippen LogP contribution is 2.28. The molecule has 0 radical (unpaired) electrons. The lowest BCUT2D eigenvalue weighted by Crippen LogP contribution is -2.45. The zero-order valence-electron chi connectivity index (χ0n) is 9.69. The van der Waals surface area contributed by atoms with E-state index < -0.39 is 23.7 Å². The van der Waals surface area contributed by atoms with Gasteiger partial charge >= 0.3 is 5.97 Å². The fourth-order valence-corrected chi connectivity index (χ4v) is 1.93. The smallest absolute Gasteiger partial charge is 0.323 e. The van der Waals surface area contributed by atoms with Gasteiger partial charge in [-0.3, -0.25) is 4.79 Å². The lowest BCUT2D eigenvalue weighted by atomic mass is 9.97. The SMILES string of the molecule is CC(C)(C)OC(=O)[C@H](N)[C@H]1CCC[C@@H]1O. The Hall–Kier alpha value is -0.610. The van der Waals surface area contributed by atoms with E-state index in [2.05, 4.69) is 0 Å². The summed E-state index contributed by atoms with van der Waals surface area (Å²) in [5.74, 6) is -0.548. The molecule has 15 heavy (non-hydrogen) atoms. The zero-order valence-corrected chi connectivity index (χ0v) is 9.69. The predicted molar refractivity (Wildman–Crippen MR) is 57.2 cm³/mol. The van der Waals surface area contributed by atoms with Crippen LogP contribution in [0.3, 0.4) is 0 Å². The van der Waals surface area contributed by atoms with Crippen LogP contribution in [0, 0.1) is 5.92 Å². The molecule has 1 saturated carbocycles. The van der Waals surface area contributed by atoms with E-state index in [0.29, 0.717) is 0 Å². The zero-order chi connectivity index (χ0) is 11.6. The number of aliphatic hydroxyl groups is 1. The van der Waals surface area contributed by atoms with Gasteiger partial charge in [-0.2, -0.15) is 0 Å². The van der Waals surface area contributed by atoms with E-state index in [-0.39, 0.29) is 5.92 Å². The Morgan fingerprint density at radius 3 is 2.47 bits per heavy atom. The molecule has 4 nitrogen and oxygen atoms in total. The number of carbonyl (C=O) groups is 1. The number of ether oxygens (including phenoxy) is 1. The molecule has 1 aliphatic rings. The lowest BCUT2D eigenvalue weighted by Gasteiger charge is -2.26. The van der Waals surface area contributed by atoms with Crippen molar-refractivity contribution in [3.8, 4) is 0 Å². The van der Waals surface area contributed by atoms with Crippen LogP contribution in [0.25, 0.3) is 0 Å². The van der Waals surface area contributed by atoms with Crippen molar-refractivity contribution in [1.29, 1.82) is 0 Å². The highest BCUT2D eigenvalue weighted by Gasteiger charge is 2.36. The molecule has 0 aliphatic heterocycles. The molecule has 1 aliphatic carbocycles. The monoisotopic (exact) mass is 215 g/mol. The maximum atomic E-state index is 11.6. The van der Waals surface area contributed by atoms with Gasteiger partial charge in [-0.1, -0.05) is 6.42 Å². The Bertz CT molecular complexity index is 234. The molecule has 3 N–H and O–H groups in total. The Labute approximate surface area is 90.8 Å². The molecule has 0 bridgehead atoms. The summed E-state index contributed by atoms with van der Waals surface area (Å²) in [4.78, 5) is 11.6. The topological polar surface area (TPSA) is 72.5 Å². The highest BCUT2D eigenvalue weighted by molar-refractivity contribution is 5.76. The second-order valence-electron chi connectivity index (χ2n) is 5.22. The molecule has 4 heteroatoms. The standard InChI is InChI=1S/C11H21NO3/c1-11(2,3)15-10(14)9(12)7-5-4-6-8(7)13/h7-9,13H,4-6,12H2,1-3H3/t7-,8-,9+/m0/s1. The number of aliphatic hydroxyl groups excluding tert-OH is 1. The van der Waals surface area contributed by atoms with Crippen molar-refractivity contribution in [2.75, 3.05) is 0 Å². The fraction of sp³-hybridized carbons (Fsp3) is 0.909. The molecule has 0 spiro atoms. The van der Waals surface area contributed by atoms with Gasteiger partial charge in [0.15, 0.2) is 0 Å². The van der Waals surface area contributed by atoms with E-state index in [9.17, 15) is 9.90 Å². The first-order chi connectivity index (χ1) is 6.81. The Balaban J connectivity index is 2.52. The van der Waals surface area contributed by atoms with Crippen molar-refractivity contribution in [3.63, 3.8) is 0 Å². The molecule has 88 valence electrons. The third kappa shape index (κ3) is 3.47. The molecule has 1 rings (SSSR count). The van der Waals surface area contributed by atoms with Gasteiger partial charge in [0, 0.05) is 5.92 Å². The van der Waals surface area contributed by atoms with Crippen molar-refractivity contribution in [3.05, 3.63) is 0 Å². The maximum Gasteiger partial charge on any atom is 0.323 e. The third-order valence-corrected chi connectivity index (χ3v) is 2.67. The van der Waals surface area contributed by atoms with Gasteiger partial charge < -0.3 is 15.6 Å². The minimum Gasteiger partial charge on any atom is -0.459 e. The molecular weight excluding hydrogens is 194 g/mol. The first kappa shape index (κ1) is 12.5. The van der Waals surface area contributed by atoms with Crippen molar-refractivity contribution in [2.45, 2.75) is 57.8 Å². The van der Waals surface area contributed by atoms with Crippen molar-refractivity contribution in [2.24, 2.45) is 11.7 Å². The van der Waals surface area contributed by atoms with Gasteiger partial charge in [0.25, 0.3) is 0 Å². The van der Waals surface area contributed by atoms with Crippen molar-refractivity contribution < 1.29 is 14.6 Å². The van der Waals surface area contributed by atoms with Crippen LogP contribution in [0.15, 0.2) is 0 Å². The van der Waals surface area contributed by atoms with Gasteiger partial charge in [-0.25, -0.2) is 0 Å². The minimum absolute atomic E-state index is 0.139. The molecule has 0 aromatic carbocycles. The van der Waals surface area contributed by atoms with Crippen LogP contribution in [0.5, 0.6) is 0 Å². The van der Waals surface area contributed by atoms with Crippen LogP contribution >= 0.6 is 0 Å². The first-order valence-electron chi connectivity index (χ1n) is 5.48. The molecule has 0 amide bonds. The number of esters is 1. The van der Waals surface area contributed by atoms with E-state index in [1.807, 2.05) is 20.8 Å². The van der Waals surface area contributed by atoms with Gasteiger partial charge in [-0.05, 0) is 33.6 Å². The summed E-state index contributed by atoms with van der Waals surface area (Å²) in [7, 11) is 0. The van der Waals surface area contributed by atoms with Gasteiger partial charge in [0.2, 0.25) is 0 Å². The first-order valence-corrected chi connectivity index (χ1v) is 5.48. The lowest BCUT2D eigenvalue weighted by molar-refractivity contribution is -0.158. The van der Waals surface area contributed by atoms with E-state index in [1.54, 1.807) is 0 Å². The summed E-state index contributed by atoms with van der Waals surface area (Å²) >= 11 is 0. The van der Waals surface area contributed by atoms with Gasteiger partial charge in [-0.15, -0.1) is 0 Å². The minimum atomic E-state index is -0.693. The molecule has 3 atom stereocenters. The Morgan fingerprint density at radius 1 is 1.47 bits per heavy atom. The van der Waals surface area contributed by atoms with Crippen LogP contribution < -0.4 is 5.73 Å². The number of hydrogen-bond acceptors (Lipinski definition) is 4. The Kier molecular flexibility index (Phi) is 3.73. The van der Waals surface area contributed by atoms with Gasteiger partial charge in [0.1, 0.15) is 11.6 Å². The second kappa shape index (κ2) is 4.49. The number of nitrogens with two attached hydrogens (primary N) is 1. The fourth-order valence-electron chi connectivity index (χ4n) is 1.93. The van der Waals surface area contributed by atoms with Crippen LogP contribution in [0.4, 0.5) is 0 Å². The quantitative estimate of drug-likeness (QED) is 0.669. The van der Waals surface area contributed by atoms with E-state index in [1.165, 1.54) is 0 Å². The largest absolute Gasteiger partial charge is 0.459 e. The number of hydrogen-bond donors (Lipinski definition) is 2. The average molecular weight is 215 g/mol. The molecule has 1 fully saturated rings. The third-order valence-electron chi connectivity index (χ3n) is 2.67. The number of rotatable bonds is 2. The van der Waals surface area contributed by atoms with Crippen LogP contribution in [0.2, 0.25) is 0 Å². The summed E-state index contributed by atoms with van der Waals surface area (Å²) in [6, 6.07) is -0.693. The van der Waals surface area contributed by atoms with Crippen LogP contribution in [-0.4, -0.2) is 28.8 Å². The average Bonchev–Trinajstić information content (AvgIpc) is 2.47. The van der Waals surface area contributed by atoms with E-state index in [0.717, 1.165) is 19.3 Å². The maximum absolute atomic E-state index is 11.6. The summed E-state index contributed by atoms with van der Waals surface area (Å²) in [5, 5.41) is 9.62. The molecule has 0 heterocycles. The van der Waals surface area contributed by atoms with Crippen molar-refractivity contribution in [1.82, 2.24) is 0 Å². The summed E-state index contributed by atoms with van der Waals surface area (Å²) in [5.41, 5.74) is 5.27.